The van der Waals surface area contributed by atoms with Crippen LogP contribution >= 0.6 is 0 Å². The molecule has 0 aliphatic carbocycles. The van der Waals surface area contributed by atoms with E-state index in [0.717, 1.165) is 26.1 Å². The number of hydrogen-bond acceptors (Lipinski definition) is 4. The minimum atomic E-state index is -0.0407. The molecule has 1 spiro atoms. The third kappa shape index (κ3) is 2.44. The Kier molecular flexibility index (Phi) is 3.50. The fourth-order valence-corrected chi connectivity index (χ4v) is 3.57. The van der Waals surface area contributed by atoms with Gasteiger partial charge in [0.2, 0.25) is 0 Å². The molecule has 0 saturated carbocycles. The highest BCUT2D eigenvalue weighted by atomic mass is 16.2. The third-order valence-corrected chi connectivity index (χ3v) is 4.74. The molecule has 20 heavy (non-hydrogen) atoms. The van der Waals surface area contributed by atoms with Crippen molar-refractivity contribution in [1.82, 2.24) is 24.6 Å². The molecular formula is C14H23N5O. The van der Waals surface area contributed by atoms with Crippen molar-refractivity contribution in [2.45, 2.75) is 39.2 Å². The fraction of sp³-hybridized carbons (Fsp3) is 0.786. The summed E-state index contributed by atoms with van der Waals surface area (Å²) in [6.45, 7) is 8.51. The van der Waals surface area contributed by atoms with Gasteiger partial charge in [0.05, 0.1) is 0 Å². The maximum absolute atomic E-state index is 12.3. The van der Waals surface area contributed by atoms with Crippen LogP contribution in [0.5, 0.6) is 0 Å². The van der Waals surface area contributed by atoms with Crippen LogP contribution in [0.25, 0.3) is 0 Å². The monoisotopic (exact) mass is 277 g/mol. The lowest BCUT2D eigenvalue weighted by Gasteiger charge is -2.42. The minimum absolute atomic E-state index is 0.0407. The first-order valence-electron chi connectivity index (χ1n) is 7.48. The van der Waals surface area contributed by atoms with E-state index in [4.69, 9.17) is 0 Å². The van der Waals surface area contributed by atoms with Gasteiger partial charge in [-0.3, -0.25) is 0 Å². The smallest absolute Gasteiger partial charge is 0.322 e. The van der Waals surface area contributed by atoms with Crippen LogP contribution in [-0.4, -0.2) is 62.8 Å². The first kappa shape index (κ1) is 13.5. The van der Waals surface area contributed by atoms with Gasteiger partial charge in [0.25, 0.3) is 0 Å². The van der Waals surface area contributed by atoms with Gasteiger partial charge < -0.3 is 9.80 Å². The zero-order valence-corrected chi connectivity index (χ0v) is 12.3. The molecule has 3 heterocycles. The molecule has 6 nitrogen and oxygen atoms in total. The lowest BCUT2D eigenvalue weighted by atomic mass is 9.79. The minimum Gasteiger partial charge on any atom is -0.322 e. The van der Waals surface area contributed by atoms with Crippen LogP contribution in [0.4, 0.5) is 4.79 Å². The normalized spacial score (nSPS) is 27.6. The number of aromatic nitrogens is 3. The average molecular weight is 277 g/mol. The van der Waals surface area contributed by atoms with Crippen molar-refractivity contribution in [3.05, 3.63) is 12.7 Å². The zero-order chi connectivity index (χ0) is 14.2. The molecular weight excluding hydrogens is 254 g/mol. The van der Waals surface area contributed by atoms with Gasteiger partial charge in [0.15, 0.2) is 0 Å². The Morgan fingerprint density at radius 2 is 2.10 bits per heavy atom. The van der Waals surface area contributed by atoms with Crippen molar-refractivity contribution >= 4 is 6.03 Å². The summed E-state index contributed by atoms with van der Waals surface area (Å²) in [6.07, 6.45) is 6.47. The molecule has 110 valence electrons. The molecule has 2 saturated heterocycles. The van der Waals surface area contributed by atoms with Crippen LogP contribution in [0.15, 0.2) is 12.7 Å². The summed E-state index contributed by atoms with van der Waals surface area (Å²) < 4.78 is 1.34. The summed E-state index contributed by atoms with van der Waals surface area (Å²) in [5, 5.41) is 3.94. The Bertz CT molecular complexity index is 472. The molecule has 2 fully saturated rings. The molecule has 0 bridgehead atoms. The lowest BCUT2D eigenvalue weighted by Crippen LogP contribution is -2.48. The van der Waals surface area contributed by atoms with Gasteiger partial charge >= 0.3 is 6.03 Å². The van der Waals surface area contributed by atoms with Crippen LogP contribution < -0.4 is 0 Å². The van der Waals surface area contributed by atoms with Gasteiger partial charge in [0, 0.05) is 31.1 Å². The van der Waals surface area contributed by atoms with Gasteiger partial charge in [0.1, 0.15) is 12.7 Å². The standard InChI is InChI=1S/C14H23N5O/c1-12(2)17-6-3-4-14(8-17)5-7-18(9-14)13(20)19-11-15-10-16-19/h10-12H,3-9H2,1-2H3. The molecule has 6 heteroatoms. The predicted molar refractivity (Wildman–Crippen MR) is 75.4 cm³/mol. The molecule has 1 aromatic rings. The fourth-order valence-electron chi connectivity index (χ4n) is 3.57. The summed E-state index contributed by atoms with van der Waals surface area (Å²) in [5.41, 5.74) is 0.290. The van der Waals surface area contributed by atoms with E-state index in [1.54, 1.807) is 0 Å². The predicted octanol–water partition coefficient (Wildman–Crippen LogP) is 1.44. The van der Waals surface area contributed by atoms with Crippen LogP contribution in [0.1, 0.15) is 33.1 Å². The summed E-state index contributed by atoms with van der Waals surface area (Å²) in [4.78, 5) is 20.6. The van der Waals surface area contributed by atoms with Crippen LogP contribution in [0.2, 0.25) is 0 Å². The topological polar surface area (TPSA) is 54.3 Å². The highest BCUT2D eigenvalue weighted by molar-refractivity contribution is 5.76. The number of likely N-dealkylation sites (tertiary alicyclic amines) is 2. The lowest BCUT2D eigenvalue weighted by molar-refractivity contribution is 0.0729. The van der Waals surface area contributed by atoms with E-state index < -0.39 is 0 Å². The first-order chi connectivity index (χ1) is 9.60. The summed E-state index contributed by atoms with van der Waals surface area (Å²) >= 11 is 0. The number of nitrogens with zero attached hydrogens (tertiary/aromatic N) is 5. The summed E-state index contributed by atoms with van der Waals surface area (Å²) in [6, 6.07) is 0.549. The van der Waals surface area contributed by atoms with Gasteiger partial charge in [-0.2, -0.15) is 9.78 Å². The van der Waals surface area contributed by atoms with Crippen molar-refractivity contribution < 1.29 is 4.79 Å². The second kappa shape index (κ2) is 5.16. The third-order valence-electron chi connectivity index (χ3n) is 4.74. The number of hydrogen-bond donors (Lipinski definition) is 0. The van der Waals surface area contributed by atoms with E-state index in [0.29, 0.717) is 11.5 Å². The van der Waals surface area contributed by atoms with Crippen LogP contribution in [0, 0.1) is 5.41 Å². The van der Waals surface area contributed by atoms with E-state index in [2.05, 4.69) is 28.8 Å². The number of piperidine rings is 1. The van der Waals surface area contributed by atoms with E-state index in [9.17, 15) is 4.79 Å². The molecule has 0 N–H and O–H groups in total. The van der Waals surface area contributed by atoms with Gasteiger partial charge in [-0.25, -0.2) is 9.78 Å². The Morgan fingerprint density at radius 3 is 2.80 bits per heavy atom. The summed E-state index contributed by atoms with van der Waals surface area (Å²) in [5.74, 6) is 0. The van der Waals surface area contributed by atoms with Gasteiger partial charge in [-0.15, -0.1) is 0 Å². The highest BCUT2D eigenvalue weighted by Crippen LogP contribution is 2.39. The summed E-state index contributed by atoms with van der Waals surface area (Å²) in [7, 11) is 0. The largest absolute Gasteiger partial charge is 0.346 e. The van der Waals surface area contributed by atoms with Crippen molar-refractivity contribution in [1.29, 1.82) is 0 Å². The zero-order valence-electron chi connectivity index (χ0n) is 12.3. The molecule has 1 atom stereocenters. The quantitative estimate of drug-likeness (QED) is 0.779. The molecule has 0 radical (unpaired) electrons. The Balaban J connectivity index is 1.68. The van der Waals surface area contributed by atoms with Crippen molar-refractivity contribution in [3.63, 3.8) is 0 Å². The molecule has 2 aliphatic heterocycles. The van der Waals surface area contributed by atoms with Gasteiger partial charge in [-0.05, 0) is 39.7 Å². The number of carbonyl (C=O) groups is 1. The maximum atomic E-state index is 12.3. The van der Waals surface area contributed by atoms with Crippen LogP contribution in [0.3, 0.4) is 0 Å². The van der Waals surface area contributed by atoms with E-state index in [1.165, 1.54) is 36.7 Å². The van der Waals surface area contributed by atoms with Crippen LogP contribution in [-0.2, 0) is 0 Å². The molecule has 3 rings (SSSR count). The van der Waals surface area contributed by atoms with Crippen molar-refractivity contribution in [3.8, 4) is 0 Å². The molecule has 2 aliphatic rings. The number of rotatable bonds is 1. The Morgan fingerprint density at radius 1 is 1.25 bits per heavy atom. The molecule has 0 aromatic carbocycles. The molecule has 1 unspecified atom stereocenters. The second-order valence-electron chi connectivity index (χ2n) is 6.46. The highest BCUT2D eigenvalue weighted by Gasteiger charge is 2.43. The molecule has 1 amide bonds. The second-order valence-corrected chi connectivity index (χ2v) is 6.46. The molecule has 1 aromatic heterocycles. The van der Waals surface area contributed by atoms with E-state index in [-0.39, 0.29) is 6.03 Å². The van der Waals surface area contributed by atoms with Gasteiger partial charge in [-0.1, -0.05) is 0 Å². The van der Waals surface area contributed by atoms with Crippen molar-refractivity contribution in [2.75, 3.05) is 26.2 Å². The van der Waals surface area contributed by atoms with Crippen molar-refractivity contribution in [2.24, 2.45) is 5.41 Å². The Labute approximate surface area is 119 Å². The Hall–Kier alpha value is -1.43. The van der Waals surface area contributed by atoms with E-state index >= 15 is 0 Å². The average Bonchev–Trinajstić information content (AvgIpc) is 3.08. The van der Waals surface area contributed by atoms with E-state index in [1.807, 2.05) is 4.90 Å². The maximum Gasteiger partial charge on any atom is 0.346 e. The SMILES string of the molecule is CC(C)N1CCCC2(CCN(C(=O)n3cncn3)C2)C1. The number of carbonyl (C=O) groups excluding carboxylic acids is 1. The number of amides is 1. The first-order valence-corrected chi connectivity index (χ1v) is 7.48.